The van der Waals surface area contributed by atoms with Crippen molar-refractivity contribution in [2.24, 2.45) is 0 Å². The van der Waals surface area contributed by atoms with Crippen LogP contribution in [0.4, 0.5) is 28.8 Å². The van der Waals surface area contributed by atoms with Gasteiger partial charge < -0.3 is 20.4 Å². The fourth-order valence-electron chi connectivity index (χ4n) is 4.12. The lowest BCUT2D eigenvalue weighted by molar-refractivity contribution is 0.312. The summed E-state index contributed by atoms with van der Waals surface area (Å²) >= 11 is 6.39. The van der Waals surface area contributed by atoms with Crippen molar-refractivity contribution in [2.45, 2.75) is 20.4 Å². The van der Waals surface area contributed by atoms with Crippen molar-refractivity contribution in [1.82, 2.24) is 24.3 Å². The molecule has 0 aliphatic carbocycles. The zero-order chi connectivity index (χ0) is 26.4. The number of halogens is 1. The lowest BCUT2D eigenvalue weighted by Crippen LogP contribution is -2.44. The summed E-state index contributed by atoms with van der Waals surface area (Å²) in [5.74, 6) is 0.802. The number of nitrogens with zero attached hydrogens (tertiary/aromatic N) is 4. The molecule has 3 aromatic rings. The summed E-state index contributed by atoms with van der Waals surface area (Å²) in [6.07, 6.45) is 1.53. The van der Waals surface area contributed by atoms with Gasteiger partial charge in [0.2, 0.25) is 5.95 Å². The molecule has 10 nitrogen and oxygen atoms in total. The Morgan fingerprint density at radius 3 is 2.51 bits per heavy atom. The molecule has 1 aliphatic rings. The second kappa shape index (κ2) is 12.1. The van der Waals surface area contributed by atoms with Gasteiger partial charge in [0.1, 0.15) is 5.02 Å². The molecular formula is C25H33ClN8O2S. The van der Waals surface area contributed by atoms with Crippen LogP contribution in [0.2, 0.25) is 5.02 Å². The summed E-state index contributed by atoms with van der Waals surface area (Å²) in [4.78, 5) is 13.6. The molecule has 0 amide bonds. The monoisotopic (exact) mass is 544 g/mol. The van der Waals surface area contributed by atoms with Crippen LogP contribution >= 0.6 is 11.6 Å². The van der Waals surface area contributed by atoms with Gasteiger partial charge in [0.25, 0.3) is 10.2 Å². The third kappa shape index (κ3) is 7.30. The van der Waals surface area contributed by atoms with Crippen LogP contribution in [-0.4, -0.2) is 63.1 Å². The van der Waals surface area contributed by atoms with Crippen LogP contribution in [-0.2, 0) is 16.8 Å². The minimum Gasteiger partial charge on any atom is -0.369 e. The highest BCUT2D eigenvalue weighted by atomic mass is 35.5. The van der Waals surface area contributed by atoms with Crippen molar-refractivity contribution >= 4 is 50.6 Å². The maximum Gasteiger partial charge on any atom is 0.277 e. The highest BCUT2D eigenvalue weighted by molar-refractivity contribution is 7.87. The first kappa shape index (κ1) is 27.1. The number of hydrogen-bond acceptors (Lipinski definition) is 8. The first-order valence-corrected chi connectivity index (χ1v) is 14.0. The first-order valence-electron chi connectivity index (χ1n) is 12.2. The quantitative estimate of drug-likeness (QED) is 0.306. The predicted octanol–water partition coefficient (Wildman–Crippen LogP) is 3.62. The Morgan fingerprint density at radius 2 is 1.78 bits per heavy atom. The molecule has 1 aliphatic heterocycles. The molecule has 0 spiro atoms. The number of piperazine rings is 1. The largest absolute Gasteiger partial charge is 0.369 e. The molecule has 0 saturated carbocycles. The van der Waals surface area contributed by atoms with Crippen molar-refractivity contribution in [3.63, 3.8) is 0 Å². The van der Waals surface area contributed by atoms with Crippen molar-refractivity contribution < 1.29 is 8.42 Å². The highest BCUT2D eigenvalue weighted by Gasteiger charge is 2.16. The number of hydrogen-bond donors (Lipinski definition) is 4. The van der Waals surface area contributed by atoms with Gasteiger partial charge in [0, 0.05) is 56.3 Å². The molecule has 198 valence electrons. The average molecular weight is 545 g/mol. The molecule has 4 rings (SSSR count). The van der Waals surface area contributed by atoms with E-state index in [1.807, 2.05) is 30.3 Å². The van der Waals surface area contributed by atoms with Gasteiger partial charge >= 0.3 is 0 Å². The fraction of sp³-hybridized carbons (Fsp3) is 0.360. The number of nitrogens with one attached hydrogen (secondary N) is 4. The molecule has 1 fully saturated rings. The van der Waals surface area contributed by atoms with Crippen LogP contribution in [0.3, 0.4) is 0 Å². The van der Waals surface area contributed by atoms with E-state index in [0.717, 1.165) is 37.4 Å². The van der Waals surface area contributed by atoms with E-state index < -0.39 is 10.2 Å². The van der Waals surface area contributed by atoms with E-state index in [2.05, 4.69) is 65.9 Å². The number of aromatic nitrogens is 2. The fourth-order valence-corrected chi connectivity index (χ4v) is 5.08. The van der Waals surface area contributed by atoms with E-state index in [4.69, 9.17) is 11.6 Å². The van der Waals surface area contributed by atoms with Crippen LogP contribution in [0.15, 0.2) is 48.7 Å². The second-order valence-electron chi connectivity index (χ2n) is 8.91. The Morgan fingerprint density at radius 1 is 1.03 bits per heavy atom. The van der Waals surface area contributed by atoms with Crippen LogP contribution < -0.4 is 25.0 Å². The zero-order valence-corrected chi connectivity index (χ0v) is 22.8. The summed E-state index contributed by atoms with van der Waals surface area (Å²) in [5, 5.41) is 6.82. The van der Waals surface area contributed by atoms with Crippen LogP contribution in [0.5, 0.6) is 0 Å². The number of anilines is 5. The second-order valence-corrected chi connectivity index (χ2v) is 10.9. The van der Waals surface area contributed by atoms with E-state index >= 15 is 0 Å². The standard InChI is InChI=1S/C25H33ClN8O2S/c1-4-28-37(35,36)29-16-19-7-5-6-8-22(19)31-24-21(26)17-27-25(32-24)30-20-9-10-23(18(2)15-20)34-13-11-33(3)12-14-34/h5-10,15,17,28-29H,4,11-14,16H2,1-3H3,(H2,27,30,31,32). The Bertz CT molecular complexity index is 1330. The molecule has 12 heteroatoms. The number of likely N-dealkylation sites (N-methyl/N-ethyl adjacent to an activating group) is 1. The zero-order valence-electron chi connectivity index (χ0n) is 21.3. The summed E-state index contributed by atoms with van der Waals surface area (Å²) in [5.41, 5.74) is 4.71. The van der Waals surface area contributed by atoms with Crippen molar-refractivity contribution in [3.05, 3.63) is 64.8 Å². The Balaban J connectivity index is 1.47. The number of para-hydroxylation sites is 1. The van der Waals surface area contributed by atoms with Gasteiger partial charge in [-0.1, -0.05) is 36.7 Å². The van der Waals surface area contributed by atoms with Gasteiger partial charge in [0.05, 0.1) is 6.20 Å². The van der Waals surface area contributed by atoms with Crippen LogP contribution in [0, 0.1) is 6.92 Å². The first-order chi connectivity index (χ1) is 17.7. The lowest BCUT2D eigenvalue weighted by atomic mass is 10.1. The summed E-state index contributed by atoms with van der Waals surface area (Å²) in [6, 6.07) is 13.6. The molecule has 0 bridgehead atoms. The number of rotatable bonds is 10. The van der Waals surface area contributed by atoms with Crippen LogP contribution in [0.25, 0.3) is 0 Å². The smallest absolute Gasteiger partial charge is 0.277 e. The topological polar surface area (TPSA) is 115 Å². The lowest BCUT2D eigenvalue weighted by Gasteiger charge is -2.35. The van der Waals surface area contributed by atoms with E-state index in [1.54, 1.807) is 6.92 Å². The molecule has 1 saturated heterocycles. The SMILES string of the molecule is CCNS(=O)(=O)NCc1ccccc1Nc1nc(Nc2ccc(N3CCN(C)CC3)c(C)c2)ncc1Cl. The average Bonchev–Trinajstić information content (AvgIpc) is 2.86. The minimum absolute atomic E-state index is 0.102. The van der Waals surface area contributed by atoms with Crippen molar-refractivity contribution in [1.29, 1.82) is 0 Å². The summed E-state index contributed by atoms with van der Waals surface area (Å²) in [6.45, 7) is 8.37. The van der Waals surface area contributed by atoms with E-state index in [1.165, 1.54) is 17.4 Å². The molecule has 0 unspecified atom stereocenters. The minimum atomic E-state index is -3.58. The van der Waals surface area contributed by atoms with E-state index in [-0.39, 0.29) is 6.54 Å². The summed E-state index contributed by atoms with van der Waals surface area (Å²) in [7, 11) is -1.43. The normalized spacial score (nSPS) is 14.5. The number of benzene rings is 2. The van der Waals surface area contributed by atoms with Gasteiger partial charge in [-0.3, -0.25) is 0 Å². The Labute approximate surface area is 223 Å². The predicted molar refractivity (Wildman–Crippen MR) is 150 cm³/mol. The van der Waals surface area contributed by atoms with Crippen molar-refractivity contribution in [2.75, 3.05) is 55.3 Å². The maximum atomic E-state index is 12.0. The van der Waals surface area contributed by atoms with Gasteiger partial charge in [0.15, 0.2) is 5.82 Å². The molecule has 4 N–H and O–H groups in total. The molecule has 2 heterocycles. The Hall–Kier alpha value is -2.96. The third-order valence-electron chi connectivity index (χ3n) is 6.10. The molecule has 2 aromatic carbocycles. The highest BCUT2D eigenvalue weighted by Crippen LogP contribution is 2.29. The number of aryl methyl sites for hydroxylation is 1. The van der Waals surface area contributed by atoms with Gasteiger partial charge in [-0.25, -0.2) is 9.71 Å². The molecular weight excluding hydrogens is 512 g/mol. The van der Waals surface area contributed by atoms with E-state index in [9.17, 15) is 8.42 Å². The molecule has 0 radical (unpaired) electrons. The third-order valence-corrected chi connectivity index (χ3v) is 7.57. The Kier molecular flexibility index (Phi) is 8.83. The van der Waals surface area contributed by atoms with Crippen molar-refractivity contribution in [3.8, 4) is 0 Å². The maximum absolute atomic E-state index is 12.0. The molecule has 0 atom stereocenters. The van der Waals surface area contributed by atoms with Crippen LogP contribution in [0.1, 0.15) is 18.1 Å². The molecule has 37 heavy (non-hydrogen) atoms. The summed E-state index contributed by atoms with van der Waals surface area (Å²) < 4.78 is 28.9. The van der Waals surface area contributed by atoms with Gasteiger partial charge in [-0.15, -0.1) is 0 Å². The molecule has 1 aromatic heterocycles. The van der Waals surface area contributed by atoms with Gasteiger partial charge in [-0.2, -0.15) is 18.1 Å². The van der Waals surface area contributed by atoms with E-state index in [0.29, 0.717) is 29.0 Å². The van der Waals surface area contributed by atoms with Gasteiger partial charge in [-0.05, 0) is 49.4 Å².